The molecule has 1 aromatic carbocycles. The fourth-order valence-electron chi connectivity index (χ4n) is 3.44. The molecule has 0 saturated heterocycles. The largest absolute Gasteiger partial charge is 0.494 e. The van der Waals surface area contributed by atoms with Gasteiger partial charge in [-0.1, -0.05) is 44.4 Å². The monoisotopic (exact) mass is 275 g/mol. The first kappa shape index (κ1) is 15.4. The van der Waals surface area contributed by atoms with Crippen LogP contribution >= 0.6 is 0 Å². The third-order valence-electron chi connectivity index (χ3n) is 4.85. The van der Waals surface area contributed by atoms with E-state index < -0.39 is 0 Å². The van der Waals surface area contributed by atoms with E-state index >= 15 is 0 Å². The summed E-state index contributed by atoms with van der Waals surface area (Å²) in [6.45, 7) is 3.14. The average molecular weight is 275 g/mol. The van der Waals surface area contributed by atoms with E-state index in [0.29, 0.717) is 6.04 Å². The van der Waals surface area contributed by atoms with Gasteiger partial charge in [-0.2, -0.15) is 0 Å². The van der Waals surface area contributed by atoms with E-state index in [4.69, 9.17) is 4.74 Å². The lowest BCUT2D eigenvalue weighted by Crippen LogP contribution is -2.37. The van der Waals surface area contributed by atoms with E-state index in [9.17, 15) is 0 Å². The summed E-state index contributed by atoms with van der Waals surface area (Å²) in [7, 11) is 2.10. The second-order valence-corrected chi connectivity index (χ2v) is 6.03. The Hall–Kier alpha value is -1.02. The standard InChI is InChI=1S/C18H29NO/c1-3-15-9-11-16(12-10-15)18(19-2)13-14-20-17-7-5-4-6-8-17/h4-8,15-16,18-19H,3,9-14H2,1-2H3. The molecule has 0 radical (unpaired) electrons. The van der Waals surface area contributed by atoms with Crippen LogP contribution in [0.3, 0.4) is 0 Å². The fraction of sp³-hybridized carbons (Fsp3) is 0.667. The van der Waals surface area contributed by atoms with E-state index in [1.165, 1.54) is 32.1 Å². The van der Waals surface area contributed by atoms with Gasteiger partial charge in [0, 0.05) is 6.04 Å². The van der Waals surface area contributed by atoms with Crippen LogP contribution in [0.25, 0.3) is 0 Å². The molecule has 1 fully saturated rings. The van der Waals surface area contributed by atoms with Gasteiger partial charge in [0.15, 0.2) is 0 Å². The van der Waals surface area contributed by atoms with Gasteiger partial charge in [-0.25, -0.2) is 0 Å². The van der Waals surface area contributed by atoms with E-state index in [-0.39, 0.29) is 0 Å². The van der Waals surface area contributed by atoms with Gasteiger partial charge in [-0.05, 0) is 50.3 Å². The molecule has 1 atom stereocenters. The predicted octanol–water partition coefficient (Wildman–Crippen LogP) is 4.26. The lowest BCUT2D eigenvalue weighted by molar-refractivity contribution is 0.194. The molecular formula is C18H29NO. The third-order valence-corrected chi connectivity index (χ3v) is 4.85. The van der Waals surface area contributed by atoms with Crippen molar-refractivity contribution in [2.45, 2.75) is 51.5 Å². The van der Waals surface area contributed by atoms with Crippen molar-refractivity contribution in [3.05, 3.63) is 30.3 Å². The molecule has 2 nitrogen and oxygen atoms in total. The van der Waals surface area contributed by atoms with Crippen LogP contribution in [0.4, 0.5) is 0 Å². The maximum absolute atomic E-state index is 5.83. The SMILES string of the molecule is CCC1CCC(C(CCOc2ccccc2)NC)CC1. The zero-order valence-electron chi connectivity index (χ0n) is 13.0. The van der Waals surface area contributed by atoms with Crippen LogP contribution in [0.1, 0.15) is 45.4 Å². The van der Waals surface area contributed by atoms with Gasteiger partial charge in [0.25, 0.3) is 0 Å². The molecule has 1 aromatic rings. The topological polar surface area (TPSA) is 21.3 Å². The highest BCUT2D eigenvalue weighted by atomic mass is 16.5. The van der Waals surface area contributed by atoms with E-state index in [1.54, 1.807) is 0 Å². The number of nitrogens with one attached hydrogen (secondary N) is 1. The Morgan fingerprint density at radius 2 is 1.85 bits per heavy atom. The normalized spacial score (nSPS) is 24.3. The summed E-state index contributed by atoms with van der Waals surface area (Å²) < 4.78 is 5.83. The Morgan fingerprint density at radius 3 is 2.45 bits per heavy atom. The number of rotatable bonds is 7. The number of hydrogen-bond acceptors (Lipinski definition) is 2. The summed E-state index contributed by atoms with van der Waals surface area (Å²) in [6.07, 6.45) is 8.06. The van der Waals surface area contributed by atoms with Crippen LogP contribution in [0, 0.1) is 11.8 Å². The molecule has 0 spiro atoms. The van der Waals surface area contributed by atoms with Crippen LogP contribution in [-0.2, 0) is 0 Å². The molecule has 1 N–H and O–H groups in total. The molecule has 2 rings (SSSR count). The second-order valence-electron chi connectivity index (χ2n) is 6.03. The molecule has 0 heterocycles. The molecule has 20 heavy (non-hydrogen) atoms. The van der Waals surface area contributed by atoms with Crippen molar-refractivity contribution in [2.75, 3.05) is 13.7 Å². The minimum absolute atomic E-state index is 0.608. The highest BCUT2D eigenvalue weighted by Gasteiger charge is 2.25. The molecule has 0 amide bonds. The van der Waals surface area contributed by atoms with Crippen LogP contribution in [-0.4, -0.2) is 19.7 Å². The molecule has 0 aromatic heterocycles. The van der Waals surface area contributed by atoms with Gasteiger partial charge >= 0.3 is 0 Å². The quantitative estimate of drug-likeness (QED) is 0.803. The molecular weight excluding hydrogens is 246 g/mol. The van der Waals surface area contributed by atoms with Gasteiger partial charge in [0.2, 0.25) is 0 Å². The third kappa shape index (κ3) is 4.52. The van der Waals surface area contributed by atoms with Crippen molar-refractivity contribution in [2.24, 2.45) is 11.8 Å². The first-order chi connectivity index (χ1) is 9.83. The fourth-order valence-corrected chi connectivity index (χ4v) is 3.44. The van der Waals surface area contributed by atoms with Gasteiger partial charge in [0.1, 0.15) is 5.75 Å². The van der Waals surface area contributed by atoms with E-state index in [1.807, 2.05) is 30.3 Å². The summed E-state index contributed by atoms with van der Waals surface area (Å²) in [5.41, 5.74) is 0. The van der Waals surface area contributed by atoms with Crippen LogP contribution < -0.4 is 10.1 Å². The highest BCUT2D eigenvalue weighted by Crippen LogP contribution is 2.33. The molecule has 0 bridgehead atoms. The maximum atomic E-state index is 5.83. The summed E-state index contributed by atoms with van der Waals surface area (Å²) in [4.78, 5) is 0. The lowest BCUT2D eigenvalue weighted by Gasteiger charge is -2.33. The number of para-hydroxylation sites is 1. The Morgan fingerprint density at radius 1 is 1.15 bits per heavy atom. The first-order valence-electron chi connectivity index (χ1n) is 8.18. The Bertz CT molecular complexity index is 357. The van der Waals surface area contributed by atoms with Crippen molar-refractivity contribution < 1.29 is 4.74 Å². The molecule has 1 aliphatic carbocycles. The van der Waals surface area contributed by atoms with Crippen molar-refractivity contribution >= 4 is 0 Å². The van der Waals surface area contributed by atoms with Crippen molar-refractivity contribution in [3.63, 3.8) is 0 Å². The van der Waals surface area contributed by atoms with Gasteiger partial charge < -0.3 is 10.1 Å². The summed E-state index contributed by atoms with van der Waals surface area (Å²) in [5.74, 6) is 2.79. The van der Waals surface area contributed by atoms with E-state index in [0.717, 1.165) is 30.6 Å². The van der Waals surface area contributed by atoms with Gasteiger partial charge in [-0.15, -0.1) is 0 Å². The Balaban J connectivity index is 1.72. The van der Waals surface area contributed by atoms with Crippen LogP contribution in [0.5, 0.6) is 5.75 Å². The van der Waals surface area contributed by atoms with Crippen molar-refractivity contribution in [3.8, 4) is 5.75 Å². The Kier molecular flexibility index (Phi) is 6.38. The zero-order valence-corrected chi connectivity index (χ0v) is 13.0. The van der Waals surface area contributed by atoms with Gasteiger partial charge in [-0.3, -0.25) is 0 Å². The minimum Gasteiger partial charge on any atom is -0.494 e. The molecule has 2 heteroatoms. The smallest absolute Gasteiger partial charge is 0.119 e. The number of ether oxygens (including phenoxy) is 1. The summed E-state index contributed by atoms with van der Waals surface area (Å²) >= 11 is 0. The summed E-state index contributed by atoms with van der Waals surface area (Å²) in [6, 6.07) is 10.7. The van der Waals surface area contributed by atoms with Gasteiger partial charge in [0.05, 0.1) is 6.61 Å². The van der Waals surface area contributed by atoms with Crippen LogP contribution in [0.2, 0.25) is 0 Å². The first-order valence-corrected chi connectivity index (χ1v) is 8.18. The highest BCUT2D eigenvalue weighted by molar-refractivity contribution is 5.20. The number of benzene rings is 1. The zero-order chi connectivity index (χ0) is 14.2. The second kappa shape index (κ2) is 8.31. The lowest BCUT2D eigenvalue weighted by atomic mass is 9.77. The molecule has 112 valence electrons. The van der Waals surface area contributed by atoms with Crippen LogP contribution in [0.15, 0.2) is 30.3 Å². The number of hydrogen-bond donors (Lipinski definition) is 1. The molecule has 0 aliphatic heterocycles. The molecule has 1 unspecified atom stereocenters. The maximum Gasteiger partial charge on any atom is 0.119 e. The molecule has 1 saturated carbocycles. The molecule has 1 aliphatic rings. The summed E-state index contributed by atoms with van der Waals surface area (Å²) in [5, 5.41) is 3.51. The Labute approximate surface area is 123 Å². The minimum atomic E-state index is 0.608. The van der Waals surface area contributed by atoms with E-state index in [2.05, 4.69) is 19.3 Å². The predicted molar refractivity (Wildman–Crippen MR) is 85.1 cm³/mol. The average Bonchev–Trinajstić information content (AvgIpc) is 2.53. The van der Waals surface area contributed by atoms with Crippen molar-refractivity contribution in [1.82, 2.24) is 5.32 Å². The van der Waals surface area contributed by atoms with Crippen molar-refractivity contribution in [1.29, 1.82) is 0 Å².